The SMILES string of the molecule is CC(=NNC(=O)Cc1ccccc1)c1ccc([N+](=O)[O-])cc1. The first-order valence-electron chi connectivity index (χ1n) is 6.68. The van der Waals surface area contributed by atoms with Crippen molar-refractivity contribution in [2.24, 2.45) is 5.10 Å². The van der Waals surface area contributed by atoms with E-state index in [1.54, 1.807) is 19.1 Å². The summed E-state index contributed by atoms with van der Waals surface area (Å²) >= 11 is 0. The number of carbonyl (C=O) groups excluding carboxylic acids is 1. The number of non-ortho nitro benzene ring substituents is 1. The fourth-order valence-corrected chi connectivity index (χ4v) is 1.86. The number of nitrogens with zero attached hydrogens (tertiary/aromatic N) is 2. The van der Waals surface area contributed by atoms with Gasteiger partial charge in [0.1, 0.15) is 0 Å². The van der Waals surface area contributed by atoms with Gasteiger partial charge in [0.2, 0.25) is 5.91 Å². The molecular weight excluding hydrogens is 282 g/mol. The Morgan fingerprint density at radius 1 is 1.14 bits per heavy atom. The molecule has 112 valence electrons. The van der Waals surface area contributed by atoms with Crippen LogP contribution in [0.2, 0.25) is 0 Å². The first-order valence-corrected chi connectivity index (χ1v) is 6.68. The molecule has 0 atom stereocenters. The number of hydrazone groups is 1. The van der Waals surface area contributed by atoms with E-state index < -0.39 is 4.92 Å². The predicted molar refractivity (Wildman–Crippen MR) is 83.6 cm³/mol. The first-order chi connectivity index (χ1) is 10.6. The van der Waals surface area contributed by atoms with Gasteiger partial charge in [0.25, 0.3) is 5.69 Å². The molecule has 0 heterocycles. The molecule has 2 rings (SSSR count). The minimum Gasteiger partial charge on any atom is -0.273 e. The number of benzene rings is 2. The predicted octanol–water partition coefficient (Wildman–Crippen LogP) is 2.68. The van der Waals surface area contributed by atoms with E-state index in [-0.39, 0.29) is 18.0 Å². The average molecular weight is 297 g/mol. The molecule has 6 heteroatoms. The number of hydrogen-bond acceptors (Lipinski definition) is 4. The Bertz CT molecular complexity index is 694. The summed E-state index contributed by atoms with van der Waals surface area (Å²) in [6.07, 6.45) is 0.248. The van der Waals surface area contributed by atoms with E-state index in [9.17, 15) is 14.9 Å². The van der Waals surface area contributed by atoms with Crippen LogP contribution in [0, 0.1) is 10.1 Å². The van der Waals surface area contributed by atoms with Gasteiger partial charge in [-0.05, 0) is 30.2 Å². The Labute approximate surface area is 127 Å². The van der Waals surface area contributed by atoms with Crippen LogP contribution in [0.5, 0.6) is 0 Å². The second-order valence-electron chi connectivity index (χ2n) is 4.70. The van der Waals surface area contributed by atoms with Crippen molar-refractivity contribution in [1.82, 2.24) is 5.43 Å². The fourth-order valence-electron chi connectivity index (χ4n) is 1.86. The molecule has 0 aliphatic carbocycles. The molecule has 2 aromatic rings. The molecule has 0 radical (unpaired) electrons. The van der Waals surface area contributed by atoms with Crippen molar-refractivity contribution in [1.29, 1.82) is 0 Å². The molecule has 0 aliphatic rings. The monoisotopic (exact) mass is 297 g/mol. The number of carbonyl (C=O) groups is 1. The number of amides is 1. The standard InChI is InChI=1S/C16H15N3O3/c1-12(14-7-9-15(10-8-14)19(21)22)17-18-16(20)11-13-5-3-2-4-6-13/h2-10H,11H2,1H3,(H,18,20). The topological polar surface area (TPSA) is 84.6 Å². The van der Waals surface area contributed by atoms with Gasteiger partial charge in [0.05, 0.1) is 17.1 Å². The number of nitro groups is 1. The minimum absolute atomic E-state index is 0.0182. The Balaban J connectivity index is 1.97. The number of nitrogens with one attached hydrogen (secondary N) is 1. The van der Waals surface area contributed by atoms with Crippen molar-refractivity contribution in [2.75, 3.05) is 0 Å². The lowest BCUT2D eigenvalue weighted by Crippen LogP contribution is -2.21. The highest BCUT2D eigenvalue weighted by atomic mass is 16.6. The zero-order valence-corrected chi connectivity index (χ0v) is 12.0. The number of nitro benzene ring substituents is 1. The van der Waals surface area contributed by atoms with Gasteiger partial charge in [-0.1, -0.05) is 30.3 Å². The van der Waals surface area contributed by atoms with Gasteiger partial charge in [-0.15, -0.1) is 0 Å². The van der Waals surface area contributed by atoms with Crippen LogP contribution in [0.25, 0.3) is 0 Å². The van der Waals surface area contributed by atoms with Gasteiger partial charge >= 0.3 is 0 Å². The lowest BCUT2D eigenvalue weighted by Gasteiger charge is -2.03. The molecule has 0 saturated heterocycles. The Hall–Kier alpha value is -3.02. The van der Waals surface area contributed by atoms with Crippen LogP contribution < -0.4 is 5.43 Å². The first kappa shape index (κ1) is 15.4. The zero-order valence-electron chi connectivity index (χ0n) is 12.0. The summed E-state index contributed by atoms with van der Waals surface area (Å²) in [5.74, 6) is -0.215. The van der Waals surface area contributed by atoms with Gasteiger partial charge in [-0.3, -0.25) is 14.9 Å². The molecule has 6 nitrogen and oxygen atoms in total. The minimum atomic E-state index is -0.460. The lowest BCUT2D eigenvalue weighted by atomic mass is 10.1. The van der Waals surface area contributed by atoms with Crippen LogP contribution in [0.3, 0.4) is 0 Å². The van der Waals surface area contributed by atoms with Gasteiger partial charge in [-0.2, -0.15) is 5.10 Å². The van der Waals surface area contributed by atoms with E-state index in [2.05, 4.69) is 10.5 Å². The maximum Gasteiger partial charge on any atom is 0.269 e. The zero-order chi connectivity index (χ0) is 15.9. The highest BCUT2D eigenvalue weighted by Gasteiger charge is 2.06. The van der Waals surface area contributed by atoms with Crippen molar-refractivity contribution in [3.63, 3.8) is 0 Å². The van der Waals surface area contributed by atoms with Crippen molar-refractivity contribution in [3.8, 4) is 0 Å². The fraction of sp³-hybridized carbons (Fsp3) is 0.125. The molecule has 0 spiro atoms. The van der Waals surface area contributed by atoms with Crippen LogP contribution in [0.1, 0.15) is 18.1 Å². The summed E-state index contributed by atoms with van der Waals surface area (Å²) in [6.45, 7) is 1.73. The Morgan fingerprint density at radius 2 is 1.77 bits per heavy atom. The van der Waals surface area contributed by atoms with Crippen LogP contribution in [0.15, 0.2) is 59.7 Å². The summed E-state index contributed by atoms with van der Waals surface area (Å²) in [7, 11) is 0. The van der Waals surface area contributed by atoms with Gasteiger partial charge in [0.15, 0.2) is 0 Å². The van der Waals surface area contributed by atoms with E-state index in [4.69, 9.17) is 0 Å². The Morgan fingerprint density at radius 3 is 2.36 bits per heavy atom. The summed E-state index contributed by atoms with van der Waals surface area (Å²) in [4.78, 5) is 21.9. The van der Waals surface area contributed by atoms with Gasteiger partial charge < -0.3 is 0 Å². The average Bonchev–Trinajstić information content (AvgIpc) is 2.53. The highest BCUT2D eigenvalue weighted by Crippen LogP contribution is 2.12. The third-order valence-electron chi connectivity index (χ3n) is 3.05. The maximum absolute atomic E-state index is 11.8. The highest BCUT2D eigenvalue weighted by molar-refractivity contribution is 5.99. The molecule has 0 saturated carbocycles. The quantitative estimate of drug-likeness (QED) is 0.523. The maximum atomic E-state index is 11.8. The molecule has 0 aromatic heterocycles. The van der Waals surface area contributed by atoms with Gasteiger partial charge in [-0.25, -0.2) is 5.43 Å². The van der Waals surface area contributed by atoms with Crippen LogP contribution >= 0.6 is 0 Å². The number of rotatable bonds is 5. The molecular formula is C16H15N3O3. The number of hydrogen-bond donors (Lipinski definition) is 1. The van der Waals surface area contributed by atoms with E-state index in [0.29, 0.717) is 11.3 Å². The van der Waals surface area contributed by atoms with E-state index in [0.717, 1.165) is 5.56 Å². The van der Waals surface area contributed by atoms with Crippen molar-refractivity contribution >= 4 is 17.3 Å². The second kappa shape index (κ2) is 7.12. The smallest absolute Gasteiger partial charge is 0.269 e. The van der Waals surface area contributed by atoms with Crippen molar-refractivity contribution in [3.05, 3.63) is 75.8 Å². The molecule has 0 fully saturated rings. The third-order valence-corrected chi connectivity index (χ3v) is 3.05. The van der Waals surface area contributed by atoms with Crippen LogP contribution in [0.4, 0.5) is 5.69 Å². The summed E-state index contributed by atoms with van der Waals surface area (Å²) in [5.41, 5.74) is 4.70. The molecule has 0 aliphatic heterocycles. The van der Waals surface area contributed by atoms with E-state index in [1.165, 1.54) is 12.1 Å². The molecule has 0 unspecified atom stereocenters. The third kappa shape index (κ3) is 4.24. The van der Waals surface area contributed by atoms with Crippen LogP contribution in [-0.4, -0.2) is 16.5 Å². The van der Waals surface area contributed by atoms with Gasteiger partial charge in [0, 0.05) is 12.1 Å². The Kier molecular flexibility index (Phi) is 4.98. The van der Waals surface area contributed by atoms with Crippen molar-refractivity contribution < 1.29 is 9.72 Å². The summed E-state index contributed by atoms with van der Waals surface area (Å²) < 4.78 is 0. The molecule has 22 heavy (non-hydrogen) atoms. The molecule has 2 aromatic carbocycles. The van der Waals surface area contributed by atoms with Crippen molar-refractivity contribution in [2.45, 2.75) is 13.3 Å². The largest absolute Gasteiger partial charge is 0.273 e. The summed E-state index contributed by atoms with van der Waals surface area (Å²) in [6, 6.07) is 15.4. The molecule has 1 amide bonds. The van der Waals surface area contributed by atoms with Crippen LogP contribution in [-0.2, 0) is 11.2 Å². The normalized spacial score (nSPS) is 11.0. The van der Waals surface area contributed by atoms with E-state index >= 15 is 0 Å². The second-order valence-corrected chi connectivity index (χ2v) is 4.70. The summed E-state index contributed by atoms with van der Waals surface area (Å²) in [5, 5.41) is 14.6. The van der Waals surface area contributed by atoms with E-state index in [1.807, 2.05) is 30.3 Å². The molecule has 0 bridgehead atoms. The lowest BCUT2D eigenvalue weighted by molar-refractivity contribution is -0.384. The molecule has 1 N–H and O–H groups in total.